The number of hydrogen-bond donors (Lipinski definition) is 0. The number of nitrogens with zero attached hydrogens (tertiary/aromatic N) is 2. The predicted molar refractivity (Wildman–Crippen MR) is 74.1 cm³/mol. The maximum atomic E-state index is 12.5. The number of fused-ring (bicyclic) bond motifs is 1. The molecule has 3 nitrogen and oxygen atoms in total. The fraction of sp³-hybridized carbons (Fsp3) is 0.0625. The number of aryl methyl sites for hydroxylation is 1. The van der Waals surface area contributed by atoms with Crippen LogP contribution in [0.15, 0.2) is 54.9 Å². The highest BCUT2D eigenvalue weighted by atomic mass is 16.1. The van der Waals surface area contributed by atoms with Gasteiger partial charge in [0.1, 0.15) is 5.69 Å². The van der Waals surface area contributed by atoms with Gasteiger partial charge in [-0.25, -0.2) is 4.98 Å². The summed E-state index contributed by atoms with van der Waals surface area (Å²) in [7, 11) is 0. The fourth-order valence-electron chi connectivity index (χ4n) is 2.12. The van der Waals surface area contributed by atoms with Gasteiger partial charge in [0.15, 0.2) is 0 Å². The average molecular weight is 248 g/mol. The number of carbonyl (C=O) groups excluding carboxylic acids is 1. The van der Waals surface area contributed by atoms with E-state index in [2.05, 4.69) is 9.97 Å². The summed E-state index contributed by atoms with van der Waals surface area (Å²) in [5.41, 5.74) is 1.95. The maximum Gasteiger partial charge on any atom is 0.212 e. The first kappa shape index (κ1) is 11.5. The molecule has 0 spiro atoms. The van der Waals surface area contributed by atoms with E-state index in [0.29, 0.717) is 11.3 Å². The van der Waals surface area contributed by atoms with Crippen LogP contribution in [0, 0.1) is 6.92 Å². The number of rotatable bonds is 2. The third-order valence-electron chi connectivity index (χ3n) is 3.05. The minimum absolute atomic E-state index is 0.0673. The Morgan fingerprint density at radius 2 is 1.89 bits per heavy atom. The summed E-state index contributed by atoms with van der Waals surface area (Å²) in [5.74, 6) is -0.0673. The van der Waals surface area contributed by atoms with Crippen molar-refractivity contribution in [1.82, 2.24) is 9.97 Å². The zero-order valence-electron chi connectivity index (χ0n) is 10.5. The van der Waals surface area contributed by atoms with E-state index in [4.69, 9.17) is 0 Å². The van der Waals surface area contributed by atoms with Crippen molar-refractivity contribution < 1.29 is 4.79 Å². The van der Waals surface area contributed by atoms with Gasteiger partial charge >= 0.3 is 0 Å². The second-order valence-electron chi connectivity index (χ2n) is 4.40. The summed E-state index contributed by atoms with van der Waals surface area (Å²) in [6.45, 7) is 1.88. The Hall–Kier alpha value is -2.55. The van der Waals surface area contributed by atoms with Crippen molar-refractivity contribution in [3.05, 3.63) is 71.8 Å². The second kappa shape index (κ2) is 4.61. The van der Waals surface area contributed by atoms with E-state index in [1.54, 1.807) is 18.5 Å². The van der Waals surface area contributed by atoms with Crippen molar-refractivity contribution in [2.75, 3.05) is 0 Å². The molecule has 0 bridgehead atoms. The van der Waals surface area contributed by atoms with Gasteiger partial charge in [-0.3, -0.25) is 9.78 Å². The Bertz CT molecular complexity index is 760. The largest absolute Gasteiger partial charge is 0.287 e. The third kappa shape index (κ3) is 2.10. The Balaban J connectivity index is 2.17. The first-order valence-corrected chi connectivity index (χ1v) is 6.07. The highest BCUT2D eigenvalue weighted by molar-refractivity contribution is 6.15. The molecule has 0 fully saturated rings. The van der Waals surface area contributed by atoms with Crippen LogP contribution >= 0.6 is 0 Å². The highest BCUT2D eigenvalue weighted by Gasteiger charge is 2.13. The predicted octanol–water partition coefficient (Wildman–Crippen LogP) is 3.17. The van der Waals surface area contributed by atoms with Crippen LogP contribution in [0.25, 0.3) is 10.8 Å². The van der Waals surface area contributed by atoms with Gasteiger partial charge in [-0.1, -0.05) is 24.3 Å². The van der Waals surface area contributed by atoms with E-state index in [1.807, 2.05) is 43.3 Å². The lowest BCUT2D eigenvalue weighted by Gasteiger charge is -2.05. The van der Waals surface area contributed by atoms with Gasteiger partial charge in [0.2, 0.25) is 5.78 Å². The van der Waals surface area contributed by atoms with E-state index in [1.165, 1.54) is 0 Å². The number of ketones is 1. The van der Waals surface area contributed by atoms with Crippen molar-refractivity contribution in [3.63, 3.8) is 0 Å². The molecule has 1 aromatic carbocycles. The quantitative estimate of drug-likeness (QED) is 0.654. The molecule has 0 aliphatic heterocycles. The number of hydrogen-bond acceptors (Lipinski definition) is 3. The Labute approximate surface area is 111 Å². The monoisotopic (exact) mass is 248 g/mol. The normalized spacial score (nSPS) is 10.6. The second-order valence-corrected chi connectivity index (χ2v) is 4.40. The Morgan fingerprint density at radius 3 is 2.74 bits per heavy atom. The van der Waals surface area contributed by atoms with Crippen molar-refractivity contribution in [3.8, 4) is 0 Å². The topological polar surface area (TPSA) is 42.9 Å². The molecule has 0 saturated carbocycles. The Kier molecular flexibility index (Phi) is 2.80. The molecule has 0 unspecified atom stereocenters. The number of aromatic nitrogens is 2. The van der Waals surface area contributed by atoms with Crippen LogP contribution in [0.3, 0.4) is 0 Å². The molecule has 0 atom stereocenters. The van der Waals surface area contributed by atoms with Crippen molar-refractivity contribution in [2.24, 2.45) is 0 Å². The van der Waals surface area contributed by atoms with Crippen molar-refractivity contribution >= 4 is 16.6 Å². The van der Waals surface area contributed by atoms with Gasteiger partial charge < -0.3 is 0 Å². The summed E-state index contributed by atoms with van der Waals surface area (Å²) in [5, 5.41) is 1.87. The molecule has 0 N–H and O–H groups in total. The molecule has 19 heavy (non-hydrogen) atoms. The molecule has 3 rings (SSSR count). The molecule has 0 amide bonds. The van der Waals surface area contributed by atoms with Crippen LogP contribution in [-0.4, -0.2) is 15.8 Å². The molecular weight excluding hydrogens is 236 g/mol. The summed E-state index contributed by atoms with van der Waals surface area (Å²) < 4.78 is 0. The number of pyridine rings is 2. The van der Waals surface area contributed by atoms with Crippen LogP contribution in [0.4, 0.5) is 0 Å². The van der Waals surface area contributed by atoms with E-state index in [-0.39, 0.29) is 5.78 Å². The Morgan fingerprint density at radius 1 is 1.05 bits per heavy atom. The highest BCUT2D eigenvalue weighted by Crippen LogP contribution is 2.19. The molecule has 0 aliphatic rings. The van der Waals surface area contributed by atoms with Gasteiger partial charge in [-0.15, -0.1) is 0 Å². The van der Waals surface area contributed by atoms with E-state index in [0.717, 1.165) is 16.5 Å². The zero-order valence-corrected chi connectivity index (χ0v) is 10.5. The molecule has 0 aliphatic carbocycles. The molecule has 92 valence electrons. The summed E-state index contributed by atoms with van der Waals surface area (Å²) >= 11 is 0. The number of carbonyl (C=O) groups is 1. The summed E-state index contributed by atoms with van der Waals surface area (Å²) in [6.07, 6.45) is 3.44. The smallest absolute Gasteiger partial charge is 0.212 e. The van der Waals surface area contributed by atoms with Gasteiger partial charge in [0.05, 0.1) is 0 Å². The van der Waals surface area contributed by atoms with Gasteiger partial charge in [-0.2, -0.15) is 0 Å². The first-order valence-electron chi connectivity index (χ1n) is 6.07. The number of benzene rings is 1. The van der Waals surface area contributed by atoms with E-state index >= 15 is 0 Å². The van der Waals surface area contributed by atoms with Crippen molar-refractivity contribution in [2.45, 2.75) is 6.92 Å². The van der Waals surface area contributed by atoms with Crippen LogP contribution in [0.1, 0.15) is 21.7 Å². The van der Waals surface area contributed by atoms with Crippen LogP contribution < -0.4 is 0 Å². The van der Waals surface area contributed by atoms with E-state index in [9.17, 15) is 4.79 Å². The lowest BCUT2D eigenvalue weighted by atomic mass is 10.0. The van der Waals surface area contributed by atoms with Crippen LogP contribution in [-0.2, 0) is 0 Å². The summed E-state index contributed by atoms with van der Waals surface area (Å²) in [6, 6.07) is 13.0. The third-order valence-corrected chi connectivity index (χ3v) is 3.05. The van der Waals surface area contributed by atoms with Gasteiger partial charge in [0.25, 0.3) is 0 Å². The lowest BCUT2D eigenvalue weighted by Crippen LogP contribution is -2.05. The van der Waals surface area contributed by atoms with Crippen molar-refractivity contribution in [1.29, 1.82) is 0 Å². The fourth-order valence-corrected chi connectivity index (χ4v) is 2.12. The summed E-state index contributed by atoms with van der Waals surface area (Å²) in [4.78, 5) is 20.9. The van der Waals surface area contributed by atoms with E-state index < -0.39 is 0 Å². The molecule has 0 saturated heterocycles. The zero-order chi connectivity index (χ0) is 13.2. The average Bonchev–Trinajstić information content (AvgIpc) is 2.46. The molecule has 2 heterocycles. The van der Waals surface area contributed by atoms with Gasteiger partial charge in [-0.05, 0) is 30.5 Å². The maximum absolute atomic E-state index is 12.5. The van der Waals surface area contributed by atoms with Gasteiger partial charge in [0, 0.05) is 29.0 Å². The minimum Gasteiger partial charge on any atom is -0.287 e. The SMILES string of the molecule is Cc1cccc(C(=O)c2cccc3ccncc23)n1. The molecule has 2 aromatic heterocycles. The molecule has 3 aromatic rings. The molecule has 0 radical (unpaired) electrons. The molecule has 3 heteroatoms. The minimum atomic E-state index is -0.0673. The molecular formula is C16H12N2O. The van der Waals surface area contributed by atoms with Crippen LogP contribution in [0.2, 0.25) is 0 Å². The standard InChI is InChI=1S/C16H12N2O/c1-11-4-2-7-15(18-11)16(19)13-6-3-5-12-8-9-17-10-14(12)13/h2-10H,1H3. The first-order chi connectivity index (χ1) is 9.25. The van der Waals surface area contributed by atoms with Crippen LogP contribution in [0.5, 0.6) is 0 Å². The lowest BCUT2D eigenvalue weighted by molar-refractivity contribution is 0.103.